The molecule has 8 heavy (non-hydrogen) atoms. The SMILES string of the molecule is CC(=O)SC(C)(N)S. The quantitative estimate of drug-likeness (QED) is 0.431. The van der Waals surface area contributed by atoms with Gasteiger partial charge in [0.15, 0.2) is 5.12 Å². The van der Waals surface area contributed by atoms with Gasteiger partial charge in [-0.3, -0.25) is 4.79 Å². The molecule has 0 saturated heterocycles. The van der Waals surface area contributed by atoms with Crippen LogP contribution in [0.1, 0.15) is 13.8 Å². The fourth-order valence-electron chi connectivity index (χ4n) is 0.291. The van der Waals surface area contributed by atoms with E-state index in [9.17, 15) is 4.79 Å². The summed E-state index contributed by atoms with van der Waals surface area (Å²) in [5.74, 6) is 0. The molecule has 0 rings (SSSR count). The number of nitrogens with two attached hydrogens (primary N) is 1. The maximum absolute atomic E-state index is 10.3. The molecule has 0 aliphatic heterocycles. The lowest BCUT2D eigenvalue weighted by Gasteiger charge is -2.12. The van der Waals surface area contributed by atoms with Gasteiger partial charge in [0.05, 0.1) is 0 Å². The van der Waals surface area contributed by atoms with E-state index >= 15 is 0 Å². The number of rotatable bonds is 1. The van der Waals surface area contributed by atoms with Crippen LogP contribution in [0.2, 0.25) is 0 Å². The fraction of sp³-hybridized carbons (Fsp3) is 0.750. The van der Waals surface area contributed by atoms with Crippen LogP contribution in [0.3, 0.4) is 0 Å². The molecule has 1 atom stereocenters. The zero-order valence-electron chi connectivity index (χ0n) is 4.84. The number of thiol groups is 1. The van der Waals surface area contributed by atoms with Crippen LogP contribution in [-0.2, 0) is 4.79 Å². The van der Waals surface area contributed by atoms with E-state index in [-0.39, 0.29) is 5.12 Å². The van der Waals surface area contributed by atoms with E-state index in [1.54, 1.807) is 6.92 Å². The maximum Gasteiger partial charge on any atom is 0.188 e. The number of carbonyl (C=O) groups excluding carboxylic acids is 1. The van der Waals surface area contributed by atoms with Crippen molar-refractivity contribution in [3.63, 3.8) is 0 Å². The molecule has 0 aromatic rings. The van der Waals surface area contributed by atoms with Crippen LogP contribution in [0.25, 0.3) is 0 Å². The third kappa shape index (κ3) is 6.33. The molecule has 0 radical (unpaired) electrons. The molecular weight excluding hydrogens is 142 g/mol. The summed E-state index contributed by atoms with van der Waals surface area (Å²) in [4.78, 5) is 10.3. The smallest absolute Gasteiger partial charge is 0.188 e. The molecule has 0 aromatic heterocycles. The Balaban J connectivity index is 3.55. The van der Waals surface area contributed by atoms with Crippen molar-refractivity contribution in [1.82, 2.24) is 0 Å². The minimum atomic E-state index is -0.716. The molecule has 2 N–H and O–H groups in total. The molecule has 4 heteroatoms. The Hall–Kier alpha value is 0.330. The molecule has 0 fully saturated rings. The molecule has 0 spiro atoms. The van der Waals surface area contributed by atoms with Crippen LogP contribution in [-0.4, -0.2) is 9.32 Å². The van der Waals surface area contributed by atoms with Gasteiger partial charge >= 0.3 is 0 Å². The van der Waals surface area contributed by atoms with E-state index in [1.165, 1.54) is 6.92 Å². The Bertz CT molecular complexity index is 96.7. The van der Waals surface area contributed by atoms with Gasteiger partial charge in [-0.15, -0.1) is 12.6 Å². The van der Waals surface area contributed by atoms with Crippen LogP contribution in [0, 0.1) is 0 Å². The van der Waals surface area contributed by atoms with E-state index in [0.717, 1.165) is 11.8 Å². The zero-order chi connectivity index (χ0) is 6.78. The molecule has 48 valence electrons. The van der Waals surface area contributed by atoms with Crippen LogP contribution in [0.4, 0.5) is 0 Å². The van der Waals surface area contributed by atoms with Crippen molar-refractivity contribution in [3.05, 3.63) is 0 Å². The average molecular weight is 151 g/mol. The number of hydrogen-bond acceptors (Lipinski definition) is 4. The predicted octanol–water partition coefficient (Wildman–Crippen LogP) is 0.828. The second kappa shape index (κ2) is 2.75. The summed E-state index contributed by atoms with van der Waals surface area (Å²) >= 11 is 4.93. The van der Waals surface area contributed by atoms with Gasteiger partial charge in [0.1, 0.15) is 4.20 Å². The summed E-state index contributed by atoms with van der Waals surface area (Å²) in [5, 5.41) is -0.00926. The fourth-order valence-corrected chi connectivity index (χ4v) is 1.26. The lowest BCUT2D eigenvalue weighted by atomic mass is 10.8. The second-order valence-electron chi connectivity index (χ2n) is 1.65. The highest BCUT2D eigenvalue weighted by atomic mass is 32.2. The highest BCUT2D eigenvalue weighted by Crippen LogP contribution is 2.22. The molecule has 0 aromatic carbocycles. The summed E-state index contributed by atoms with van der Waals surface area (Å²) in [6.07, 6.45) is 0. The predicted molar refractivity (Wildman–Crippen MR) is 39.9 cm³/mol. The van der Waals surface area contributed by atoms with Crippen molar-refractivity contribution >= 4 is 29.5 Å². The summed E-state index contributed by atoms with van der Waals surface area (Å²) in [5.41, 5.74) is 5.34. The first kappa shape index (κ1) is 8.33. The van der Waals surface area contributed by atoms with Crippen LogP contribution in [0.5, 0.6) is 0 Å². The van der Waals surface area contributed by atoms with Crippen LogP contribution >= 0.6 is 24.4 Å². The third-order valence-electron chi connectivity index (χ3n) is 0.350. The van der Waals surface area contributed by atoms with Gasteiger partial charge < -0.3 is 5.73 Å². The Labute approximate surface area is 58.6 Å². The van der Waals surface area contributed by atoms with Crippen molar-refractivity contribution in [2.75, 3.05) is 0 Å². The summed E-state index contributed by atoms with van der Waals surface area (Å²) < 4.78 is -0.716. The van der Waals surface area contributed by atoms with Gasteiger partial charge in [-0.2, -0.15) is 0 Å². The van der Waals surface area contributed by atoms with Gasteiger partial charge in [-0.05, 0) is 6.92 Å². The largest absolute Gasteiger partial charge is 0.308 e. The third-order valence-corrected chi connectivity index (χ3v) is 1.32. The van der Waals surface area contributed by atoms with Gasteiger partial charge in [0.25, 0.3) is 0 Å². The van der Waals surface area contributed by atoms with E-state index < -0.39 is 4.20 Å². The van der Waals surface area contributed by atoms with Crippen molar-refractivity contribution in [3.8, 4) is 0 Å². The summed E-state index contributed by atoms with van der Waals surface area (Å²) in [7, 11) is 0. The number of carbonyl (C=O) groups is 1. The normalized spacial score (nSPS) is 17.5. The van der Waals surface area contributed by atoms with Gasteiger partial charge in [-0.1, -0.05) is 11.8 Å². The molecule has 0 amide bonds. The molecule has 0 saturated carbocycles. The first-order valence-corrected chi connectivity index (χ1v) is 3.39. The van der Waals surface area contributed by atoms with Crippen LogP contribution < -0.4 is 5.73 Å². The van der Waals surface area contributed by atoms with Crippen molar-refractivity contribution in [1.29, 1.82) is 0 Å². The standard InChI is InChI=1S/C4H9NOS2/c1-3(6)8-4(2,5)7/h7H,5H2,1-2H3. The van der Waals surface area contributed by atoms with Gasteiger partial charge in [-0.25, -0.2) is 0 Å². The monoisotopic (exact) mass is 151 g/mol. The van der Waals surface area contributed by atoms with E-state index in [0.29, 0.717) is 0 Å². The van der Waals surface area contributed by atoms with Crippen molar-refractivity contribution in [2.45, 2.75) is 18.1 Å². The highest BCUT2D eigenvalue weighted by molar-refractivity contribution is 8.21. The first-order chi connectivity index (χ1) is 3.42. The molecule has 1 unspecified atom stereocenters. The Kier molecular flexibility index (Phi) is 2.87. The summed E-state index contributed by atoms with van der Waals surface area (Å²) in [6.45, 7) is 3.13. The topological polar surface area (TPSA) is 43.1 Å². The lowest BCUT2D eigenvalue weighted by Crippen LogP contribution is -2.25. The van der Waals surface area contributed by atoms with E-state index in [1.807, 2.05) is 0 Å². The second-order valence-corrected chi connectivity index (χ2v) is 4.51. The van der Waals surface area contributed by atoms with Crippen molar-refractivity contribution in [2.24, 2.45) is 5.73 Å². The van der Waals surface area contributed by atoms with Crippen LogP contribution in [0.15, 0.2) is 0 Å². The molecule has 2 nitrogen and oxygen atoms in total. The highest BCUT2D eigenvalue weighted by Gasteiger charge is 2.14. The lowest BCUT2D eigenvalue weighted by molar-refractivity contribution is -0.109. The zero-order valence-corrected chi connectivity index (χ0v) is 6.55. The minimum absolute atomic E-state index is 0.00926. The van der Waals surface area contributed by atoms with E-state index in [2.05, 4.69) is 12.6 Å². The maximum atomic E-state index is 10.3. The first-order valence-electron chi connectivity index (χ1n) is 2.12. The molecule has 0 heterocycles. The number of thioether (sulfide) groups is 1. The average Bonchev–Trinajstić information content (AvgIpc) is 1.21. The molecule has 0 aliphatic rings. The van der Waals surface area contributed by atoms with Gasteiger partial charge in [0.2, 0.25) is 0 Å². The molecule has 0 aliphatic carbocycles. The van der Waals surface area contributed by atoms with Crippen molar-refractivity contribution < 1.29 is 4.79 Å². The minimum Gasteiger partial charge on any atom is -0.308 e. The Morgan fingerprint density at radius 1 is 1.88 bits per heavy atom. The molecular formula is C4H9NOS2. The summed E-state index contributed by atoms with van der Waals surface area (Å²) in [6, 6.07) is 0. The molecule has 0 bridgehead atoms. The van der Waals surface area contributed by atoms with E-state index in [4.69, 9.17) is 5.73 Å². The Morgan fingerprint density at radius 3 is 2.25 bits per heavy atom. The van der Waals surface area contributed by atoms with Gasteiger partial charge in [0, 0.05) is 6.92 Å². The Morgan fingerprint density at radius 2 is 2.25 bits per heavy atom. The number of hydrogen-bond donors (Lipinski definition) is 2.